The Balaban J connectivity index is 3.54. The molecule has 0 aliphatic heterocycles. The van der Waals surface area contributed by atoms with Gasteiger partial charge < -0.3 is 0 Å². The molecule has 0 saturated carbocycles. The van der Waals surface area contributed by atoms with Crippen LogP contribution in [0.1, 0.15) is 9.75 Å². The molecule has 0 N–H and O–H groups in total. The summed E-state index contributed by atoms with van der Waals surface area (Å²) in [6.45, 7) is 3.43. The van der Waals surface area contributed by atoms with Gasteiger partial charge in [0.25, 0.3) is 9.05 Å². The molecule has 0 fully saturated rings. The third-order valence-electron chi connectivity index (χ3n) is 1.38. The summed E-state index contributed by atoms with van der Waals surface area (Å²) in [4.78, 5) is 1.45. The van der Waals surface area contributed by atoms with Crippen LogP contribution >= 0.6 is 33.6 Å². The van der Waals surface area contributed by atoms with Crippen molar-refractivity contribution < 1.29 is 8.42 Å². The van der Waals surface area contributed by atoms with Crippen molar-refractivity contribution in [2.75, 3.05) is 0 Å². The van der Waals surface area contributed by atoms with Crippen LogP contribution in [-0.2, 0) is 9.05 Å². The maximum Gasteiger partial charge on any atom is 0.263 e. The first-order chi connectivity index (χ1) is 5.34. The molecule has 1 aromatic heterocycles. The van der Waals surface area contributed by atoms with Crippen molar-refractivity contribution in [1.29, 1.82) is 0 Å². The van der Waals surface area contributed by atoms with E-state index >= 15 is 0 Å². The lowest BCUT2D eigenvalue weighted by atomic mass is 10.4. The highest BCUT2D eigenvalue weighted by atomic mass is 35.7. The van der Waals surface area contributed by atoms with Gasteiger partial charge in [0.05, 0.1) is 5.02 Å². The molecule has 0 unspecified atom stereocenters. The van der Waals surface area contributed by atoms with Crippen molar-refractivity contribution >= 4 is 42.7 Å². The molecule has 0 bridgehead atoms. The van der Waals surface area contributed by atoms with Crippen LogP contribution in [0.2, 0.25) is 5.02 Å². The van der Waals surface area contributed by atoms with Gasteiger partial charge in [0.2, 0.25) is 0 Å². The third kappa shape index (κ3) is 1.76. The van der Waals surface area contributed by atoms with Crippen molar-refractivity contribution in [3.05, 3.63) is 14.8 Å². The van der Waals surface area contributed by atoms with Crippen molar-refractivity contribution in [3.63, 3.8) is 0 Å². The van der Waals surface area contributed by atoms with Gasteiger partial charge in [0.15, 0.2) is 0 Å². The summed E-state index contributed by atoms with van der Waals surface area (Å²) in [5.41, 5.74) is 0. The monoisotopic (exact) mass is 244 g/mol. The van der Waals surface area contributed by atoms with E-state index in [4.69, 9.17) is 22.3 Å². The Morgan fingerprint density at radius 2 is 1.75 bits per heavy atom. The predicted octanol–water partition coefficient (Wildman–Crippen LogP) is 2.95. The van der Waals surface area contributed by atoms with Gasteiger partial charge in [-0.2, -0.15) is 0 Å². The first kappa shape index (κ1) is 10.3. The number of hydrogen-bond acceptors (Lipinski definition) is 3. The Labute approximate surface area is 84.5 Å². The van der Waals surface area contributed by atoms with Crippen LogP contribution in [0.5, 0.6) is 0 Å². The summed E-state index contributed by atoms with van der Waals surface area (Å²) in [7, 11) is 1.48. The number of aryl methyl sites for hydroxylation is 2. The summed E-state index contributed by atoms with van der Waals surface area (Å²) < 4.78 is 22.0. The average Bonchev–Trinajstić information content (AvgIpc) is 2.05. The molecule has 68 valence electrons. The molecule has 0 aliphatic rings. The van der Waals surface area contributed by atoms with Crippen LogP contribution in [0.15, 0.2) is 4.90 Å². The highest BCUT2D eigenvalue weighted by Crippen LogP contribution is 2.36. The van der Waals surface area contributed by atoms with Crippen LogP contribution in [0, 0.1) is 13.8 Å². The normalized spacial score (nSPS) is 12.0. The Bertz CT molecular complexity index is 405. The van der Waals surface area contributed by atoms with Crippen LogP contribution in [0.25, 0.3) is 0 Å². The molecule has 1 rings (SSSR count). The Morgan fingerprint density at radius 1 is 1.25 bits per heavy atom. The van der Waals surface area contributed by atoms with Crippen molar-refractivity contribution in [2.24, 2.45) is 0 Å². The fourth-order valence-electron chi connectivity index (χ4n) is 0.914. The molecule has 0 aromatic carbocycles. The minimum absolute atomic E-state index is 0.0494. The minimum atomic E-state index is -3.69. The molecule has 0 spiro atoms. The van der Waals surface area contributed by atoms with E-state index < -0.39 is 9.05 Å². The molecule has 0 aliphatic carbocycles. The third-order valence-corrected chi connectivity index (χ3v) is 4.69. The van der Waals surface area contributed by atoms with E-state index in [0.29, 0.717) is 4.88 Å². The Kier molecular flexibility index (Phi) is 2.73. The van der Waals surface area contributed by atoms with Crippen LogP contribution in [0.4, 0.5) is 0 Å². The zero-order valence-corrected chi connectivity index (χ0v) is 9.53. The van der Waals surface area contributed by atoms with Gasteiger partial charge in [0, 0.05) is 20.4 Å². The summed E-state index contributed by atoms with van der Waals surface area (Å²) in [6, 6.07) is 0. The summed E-state index contributed by atoms with van der Waals surface area (Å²) in [5.74, 6) is 0. The van der Waals surface area contributed by atoms with Gasteiger partial charge in [-0.05, 0) is 13.8 Å². The van der Waals surface area contributed by atoms with Gasteiger partial charge in [-0.1, -0.05) is 11.6 Å². The van der Waals surface area contributed by atoms with Gasteiger partial charge in [-0.15, -0.1) is 11.3 Å². The smallest absolute Gasteiger partial charge is 0.207 e. The summed E-state index contributed by atoms with van der Waals surface area (Å²) in [6.07, 6.45) is 0. The minimum Gasteiger partial charge on any atom is -0.207 e. The highest BCUT2D eigenvalue weighted by Gasteiger charge is 2.21. The SMILES string of the molecule is Cc1sc(C)c(S(=O)(=O)Cl)c1Cl. The standard InChI is InChI=1S/C6H6Cl2O2S2/c1-3-5(7)6(4(2)11-3)12(8,9)10/h1-2H3. The maximum atomic E-state index is 11.0. The van der Waals surface area contributed by atoms with E-state index in [2.05, 4.69) is 0 Å². The molecule has 1 heterocycles. The van der Waals surface area contributed by atoms with Crippen LogP contribution in [0.3, 0.4) is 0 Å². The van der Waals surface area contributed by atoms with E-state index in [1.165, 1.54) is 11.3 Å². The van der Waals surface area contributed by atoms with E-state index in [1.54, 1.807) is 13.8 Å². The van der Waals surface area contributed by atoms with Gasteiger partial charge in [-0.3, -0.25) is 0 Å². The summed E-state index contributed by atoms with van der Waals surface area (Å²) in [5, 5.41) is 0.243. The van der Waals surface area contributed by atoms with Crippen molar-refractivity contribution in [1.82, 2.24) is 0 Å². The largest absolute Gasteiger partial charge is 0.263 e. The first-order valence-electron chi connectivity index (χ1n) is 3.04. The molecular formula is C6H6Cl2O2S2. The first-order valence-corrected chi connectivity index (χ1v) is 6.54. The molecule has 0 atom stereocenters. The lowest BCUT2D eigenvalue weighted by molar-refractivity contribution is 0.609. The molecule has 0 radical (unpaired) electrons. The second kappa shape index (κ2) is 3.18. The highest BCUT2D eigenvalue weighted by molar-refractivity contribution is 8.14. The van der Waals surface area contributed by atoms with Crippen molar-refractivity contribution in [3.8, 4) is 0 Å². The molecule has 12 heavy (non-hydrogen) atoms. The molecule has 0 saturated heterocycles. The lowest BCUT2D eigenvalue weighted by Crippen LogP contribution is -1.90. The lowest BCUT2D eigenvalue weighted by Gasteiger charge is -1.93. The summed E-state index contributed by atoms with van der Waals surface area (Å²) >= 11 is 7.07. The zero-order valence-electron chi connectivity index (χ0n) is 6.39. The van der Waals surface area contributed by atoms with Crippen LogP contribution in [-0.4, -0.2) is 8.42 Å². The van der Waals surface area contributed by atoms with Crippen LogP contribution < -0.4 is 0 Å². The molecule has 6 heteroatoms. The Hall–Kier alpha value is 0.230. The molecular weight excluding hydrogens is 239 g/mol. The zero-order chi connectivity index (χ0) is 9.52. The second-order valence-electron chi connectivity index (χ2n) is 2.30. The average molecular weight is 245 g/mol. The van der Waals surface area contributed by atoms with Gasteiger partial charge in [-0.25, -0.2) is 8.42 Å². The van der Waals surface area contributed by atoms with E-state index in [1.807, 2.05) is 0 Å². The van der Waals surface area contributed by atoms with Gasteiger partial charge in [0.1, 0.15) is 4.90 Å². The maximum absolute atomic E-state index is 11.0. The number of halogens is 2. The number of thiophene rings is 1. The Morgan fingerprint density at radius 3 is 1.92 bits per heavy atom. The topological polar surface area (TPSA) is 34.1 Å². The number of rotatable bonds is 1. The fraction of sp³-hybridized carbons (Fsp3) is 0.333. The van der Waals surface area contributed by atoms with E-state index in [9.17, 15) is 8.42 Å². The fourth-order valence-corrected chi connectivity index (χ4v) is 4.44. The molecule has 2 nitrogen and oxygen atoms in total. The predicted molar refractivity (Wildman–Crippen MR) is 51.8 cm³/mol. The second-order valence-corrected chi connectivity index (χ2v) is 6.61. The number of hydrogen-bond donors (Lipinski definition) is 0. The molecule has 0 amide bonds. The quantitative estimate of drug-likeness (QED) is 0.713. The van der Waals surface area contributed by atoms with Gasteiger partial charge >= 0.3 is 0 Å². The van der Waals surface area contributed by atoms with E-state index in [0.717, 1.165) is 4.88 Å². The van der Waals surface area contributed by atoms with Crippen molar-refractivity contribution in [2.45, 2.75) is 18.7 Å². The molecule has 1 aromatic rings. The van der Waals surface area contributed by atoms with E-state index in [-0.39, 0.29) is 9.92 Å².